The van der Waals surface area contributed by atoms with Gasteiger partial charge in [0.2, 0.25) is 0 Å². The number of nitrogens with one attached hydrogen (secondary N) is 2. The quantitative estimate of drug-likeness (QED) is 0.827. The number of ether oxygens (including phenoxy) is 2. The Morgan fingerprint density at radius 3 is 2.32 bits per heavy atom. The summed E-state index contributed by atoms with van der Waals surface area (Å²) < 4.78 is 10.5. The van der Waals surface area contributed by atoms with Crippen molar-refractivity contribution in [3.63, 3.8) is 0 Å². The van der Waals surface area contributed by atoms with Crippen molar-refractivity contribution in [1.29, 1.82) is 0 Å². The lowest BCUT2D eigenvalue weighted by molar-refractivity contribution is 0.355. The topological polar surface area (TPSA) is 42.5 Å². The average molecular weight is 316 g/mol. The lowest BCUT2D eigenvalue weighted by Crippen LogP contribution is -2.27. The maximum atomic E-state index is 5.31. The third-order valence-electron chi connectivity index (χ3n) is 3.22. The Morgan fingerprint density at radius 1 is 1.00 bits per heavy atom. The van der Waals surface area contributed by atoms with Crippen LogP contribution in [0, 0.1) is 6.92 Å². The first kappa shape index (κ1) is 16.1. The molecule has 0 aliphatic rings. The molecule has 2 aromatic rings. The van der Waals surface area contributed by atoms with Gasteiger partial charge in [0.1, 0.15) is 0 Å². The molecule has 0 aromatic heterocycles. The van der Waals surface area contributed by atoms with Gasteiger partial charge in [0.05, 0.1) is 14.2 Å². The Labute approximate surface area is 136 Å². The molecule has 0 radical (unpaired) electrons. The molecule has 22 heavy (non-hydrogen) atoms. The molecule has 0 bridgehead atoms. The van der Waals surface area contributed by atoms with Gasteiger partial charge in [-0.25, -0.2) is 0 Å². The zero-order valence-electron chi connectivity index (χ0n) is 13.0. The van der Waals surface area contributed by atoms with Gasteiger partial charge in [0.15, 0.2) is 16.6 Å². The molecular weight excluding hydrogens is 296 g/mol. The first-order valence-electron chi connectivity index (χ1n) is 6.95. The molecular formula is C17H20N2O2S. The maximum Gasteiger partial charge on any atom is 0.171 e. The van der Waals surface area contributed by atoms with Gasteiger partial charge in [-0.3, -0.25) is 0 Å². The smallest absolute Gasteiger partial charge is 0.171 e. The van der Waals surface area contributed by atoms with E-state index in [2.05, 4.69) is 41.8 Å². The van der Waals surface area contributed by atoms with Crippen molar-refractivity contribution in [2.75, 3.05) is 19.5 Å². The molecule has 0 amide bonds. The number of thiocarbonyl (C=S) groups is 1. The summed E-state index contributed by atoms with van der Waals surface area (Å²) in [7, 11) is 3.22. The van der Waals surface area contributed by atoms with Gasteiger partial charge in [-0.05, 0) is 36.8 Å². The standard InChI is InChI=1S/C17H20N2O2S/c1-12-4-6-13(7-5-12)11-18-17(22)19-14-8-9-15(20-2)16(10-14)21-3/h4-10H,11H2,1-3H3,(H2,18,19,22). The van der Waals surface area contributed by atoms with E-state index in [-0.39, 0.29) is 0 Å². The summed E-state index contributed by atoms with van der Waals surface area (Å²) in [5.41, 5.74) is 3.27. The van der Waals surface area contributed by atoms with Crippen molar-refractivity contribution >= 4 is 23.0 Å². The Kier molecular flexibility index (Phi) is 5.61. The summed E-state index contributed by atoms with van der Waals surface area (Å²) in [4.78, 5) is 0. The zero-order chi connectivity index (χ0) is 15.9. The second-order valence-electron chi connectivity index (χ2n) is 4.86. The van der Waals surface area contributed by atoms with Crippen LogP contribution in [0.4, 0.5) is 5.69 Å². The molecule has 2 rings (SSSR count). The second-order valence-corrected chi connectivity index (χ2v) is 5.27. The number of hydrogen-bond donors (Lipinski definition) is 2. The fourth-order valence-corrected chi connectivity index (χ4v) is 2.17. The molecule has 0 aliphatic heterocycles. The van der Waals surface area contributed by atoms with Crippen molar-refractivity contribution in [1.82, 2.24) is 5.32 Å². The molecule has 0 saturated carbocycles. The van der Waals surface area contributed by atoms with E-state index in [0.717, 1.165) is 5.69 Å². The molecule has 0 atom stereocenters. The first-order chi connectivity index (χ1) is 10.6. The van der Waals surface area contributed by atoms with Crippen LogP contribution in [-0.2, 0) is 6.54 Å². The number of hydrogen-bond acceptors (Lipinski definition) is 3. The largest absolute Gasteiger partial charge is 0.493 e. The molecule has 2 aromatic carbocycles. The van der Waals surface area contributed by atoms with Crippen molar-refractivity contribution in [2.45, 2.75) is 13.5 Å². The molecule has 0 aliphatic carbocycles. The second kappa shape index (κ2) is 7.66. The summed E-state index contributed by atoms with van der Waals surface area (Å²) in [6.07, 6.45) is 0. The maximum absolute atomic E-state index is 5.31. The van der Waals surface area contributed by atoms with Crippen LogP contribution in [0.2, 0.25) is 0 Å². The highest BCUT2D eigenvalue weighted by Crippen LogP contribution is 2.29. The number of benzene rings is 2. The predicted octanol–water partition coefficient (Wildman–Crippen LogP) is 3.50. The molecule has 2 N–H and O–H groups in total. The lowest BCUT2D eigenvalue weighted by Gasteiger charge is -2.13. The van der Waals surface area contributed by atoms with Gasteiger partial charge in [-0.15, -0.1) is 0 Å². The van der Waals surface area contributed by atoms with Crippen molar-refractivity contribution in [3.8, 4) is 11.5 Å². The van der Waals surface area contributed by atoms with Crippen molar-refractivity contribution in [3.05, 3.63) is 53.6 Å². The van der Waals surface area contributed by atoms with E-state index < -0.39 is 0 Å². The summed E-state index contributed by atoms with van der Waals surface area (Å²) in [6, 6.07) is 13.9. The minimum Gasteiger partial charge on any atom is -0.493 e. The van der Waals surface area contributed by atoms with Gasteiger partial charge >= 0.3 is 0 Å². The first-order valence-corrected chi connectivity index (χ1v) is 7.35. The van der Waals surface area contributed by atoms with Crippen LogP contribution in [0.5, 0.6) is 11.5 Å². The Morgan fingerprint density at radius 2 is 1.68 bits per heavy atom. The summed E-state index contributed by atoms with van der Waals surface area (Å²) in [5, 5.41) is 6.88. The molecule has 0 fully saturated rings. The van der Waals surface area contributed by atoms with Crippen LogP contribution in [0.3, 0.4) is 0 Å². The lowest BCUT2D eigenvalue weighted by atomic mass is 10.1. The van der Waals surface area contributed by atoms with Crippen LogP contribution >= 0.6 is 12.2 Å². The normalized spacial score (nSPS) is 9.95. The highest BCUT2D eigenvalue weighted by molar-refractivity contribution is 7.80. The van der Waals surface area contributed by atoms with E-state index >= 15 is 0 Å². The number of aryl methyl sites for hydroxylation is 1. The monoisotopic (exact) mass is 316 g/mol. The molecule has 0 saturated heterocycles. The van der Waals surface area contributed by atoms with Gasteiger partial charge < -0.3 is 20.1 Å². The van der Waals surface area contributed by atoms with Crippen molar-refractivity contribution in [2.24, 2.45) is 0 Å². The average Bonchev–Trinajstić information content (AvgIpc) is 2.54. The van der Waals surface area contributed by atoms with E-state index in [0.29, 0.717) is 23.2 Å². The van der Waals surface area contributed by atoms with Gasteiger partial charge in [-0.1, -0.05) is 29.8 Å². The van der Waals surface area contributed by atoms with Crippen LogP contribution in [0.25, 0.3) is 0 Å². The minimum atomic E-state index is 0.563. The molecule has 116 valence electrons. The Balaban J connectivity index is 1.93. The third-order valence-corrected chi connectivity index (χ3v) is 3.46. The van der Waals surface area contributed by atoms with E-state index in [1.165, 1.54) is 11.1 Å². The SMILES string of the molecule is COc1ccc(NC(=S)NCc2ccc(C)cc2)cc1OC. The fourth-order valence-electron chi connectivity index (χ4n) is 1.98. The van der Waals surface area contributed by atoms with E-state index in [1.54, 1.807) is 14.2 Å². The molecule has 5 heteroatoms. The summed E-state index contributed by atoms with van der Waals surface area (Å²) in [5.74, 6) is 1.35. The van der Waals surface area contributed by atoms with E-state index in [1.807, 2.05) is 18.2 Å². The van der Waals surface area contributed by atoms with Gasteiger partial charge in [-0.2, -0.15) is 0 Å². The molecule has 0 spiro atoms. The van der Waals surface area contributed by atoms with Crippen LogP contribution in [0.15, 0.2) is 42.5 Å². The number of anilines is 1. The summed E-state index contributed by atoms with van der Waals surface area (Å²) >= 11 is 5.31. The van der Waals surface area contributed by atoms with Gasteiger partial charge in [0, 0.05) is 18.3 Å². The highest BCUT2D eigenvalue weighted by atomic mass is 32.1. The Hall–Kier alpha value is -2.27. The van der Waals surface area contributed by atoms with Crippen LogP contribution in [-0.4, -0.2) is 19.3 Å². The molecule has 0 heterocycles. The minimum absolute atomic E-state index is 0.563. The van der Waals surface area contributed by atoms with Gasteiger partial charge in [0.25, 0.3) is 0 Å². The molecule has 0 unspecified atom stereocenters. The third kappa shape index (κ3) is 4.36. The number of methoxy groups -OCH3 is 2. The highest BCUT2D eigenvalue weighted by Gasteiger charge is 2.05. The van der Waals surface area contributed by atoms with Crippen molar-refractivity contribution < 1.29 is 9.47 Å². The zero-order valence-corrected chi connectivity index (χ0v) is 13.8. The van der Waals surface area contributed by atoms with E-state index in [4.69, 9.17) is 21.7 Å². The van der Waals surface area contributed by atoms with E-state index in [9.17, 15) is 0 Å². The van der Waals surface area contributed by atoms with Crippen LogP contribution in [0.1, 0.15) is 11.1 Å². The fraction of sp³-hybridized carbons (Fsp3) is 0.235. The molecule has 4 nitrogen and oxygen atoms in total. The Bertz CT molecular complexity index is 642. The summed E-state index contributed by atoms with van der Waals surface area (Å²) in [6.45, 7) is 2.75. The number of rotatable bonds is 5. The predicted molar refractivity (Wildman–Crippen MR) is 93.8 cm³/mol. The van der Waals surface area contributed by atoms with Crippen LogP contribution < -0.4 is 20.1 Å².